The summed E-state index contributed by atoms with van der Waals surface area (Å²) >= 11 is 0. The topological polar surface area (TPSA) is 47.6 Å². The minimum Gasteiger partial charge on any atom is -0.493 e. The average Bonchev–Trinajstić information content (AvgIpc) is 2.90. The molecule has 4 aromatic rings. The first kappa shape index (κ1) is 23.1. The van der Waals surface area contributed by atoms with Crippen molar-refractivity contribution in [3.63, 3.8) is 0 Å². The monoisotopic (exact) mass is 451 g/mol. The third kappa shape index (κ3) is 6.48. The lowest BCUT2D eigenvalue weighted by molar-refractivity contribution is -0.122. The molecule has 0 aliphatic rings. The number of amides is 1. The first-order chi connectivity index (χ1) is 16.7. The van der Waals surface area contributed by atoms with Crippen molar-refractivity contribution in [1.82, 2.24) is 0 Å². The highest BCUT2D eigenvalue weighted by molar-refractivity contribution is 5.94. The van der Waals surface area contributed by atoms with Crippen molar-refractivity contribution in [3.05, 3.63) is 115 Å². The molecule has 0 radical (unpaired) electrons. The van der Waals surface area contributed by atoms with E-state index in [-0.39, 0.29) is 5.91 Å². The van der Waals surface area contributed by atoms with Gasteiger partial charge in [-0.3, -0.25) is 4.79 Å². The van der Waals surface area contributed by atoms with Crippen molar-refractivity contribution in [2.75, 3.05) is 11.9 Å². The number of anilines is 1. The molecular formula is C30H29NO3. The zero-order chi connectivity index (χ0) is 23.6. The maximum atomic E-state index is 12.8. The van der Waals surface area contributed by atoms with Gasteiger partial charge in [0.25, 0.3) is 5.91 Å². The van der Waals surface area contributed by atoms with Gasteiger partial charge in [-0.2, -0.15) is 0 Å². The van der Waals surface area contributed by atoms with Crippen LogP contribution in [0.1, 0.15) is 18.9 Å². The zero-order valence-corrected chi connectivity index (χ0v) is 19.3. The fourth-order valence-electron chi connectivity index (χ4n) is 3.63. The van der Waals surface area contributed by atoms with Gasteiger partial charge in [0, 0.05) is 12.1 Å². The molecule has 0 bridgehead atoms. The van der Waals surface area contributed by atoms with Crippen LogP contribution in [-0.2, 0) is 11.2 Å². The Balaban J connectivity index is 1.28. The lowest BCUT2D eigenvalue weighted by atomic mass is 10.1. The van der Waals surface area contributed by atoms with Gasteiger partial charge < -0.3 is 14.8 Å². The molecule has 34 heavy (non-hydrogen) atoms. The molecule has 4 heteroatoms. The molecule has 1 atom stereocenters. The SMILES string of the molecule is CCC(Oc1ccc(-c2ccccc2)cc1)C(=O)Nc1ccc(OCCc2ccccc2)cc1. The summed E-state index contributed by atoms with van der Waals surface area (Å²) in [5.41, 5.74) is 4.21. The van der Waals surface area contributed by atoms with E-state index in [4.69, 9.17) is 9.47 Å². The van der Waals surface area contributed by atoms with E-state index >= 15 is 0 Å². The van der Waals surface area contributed by atoms with Gasteiger partial charge in [-0.15, -0.1) is 0 Å². The Hall–Kier alpha value is -4.05. The molecule has 4 nitrogen and oxygen atoms in total. The van der Waals surface area contributed by atoms with Crippen LogP contribution >= 0.6 is 0 Å². The fourth-order valence-corrected chi connectivity index (χ4v) is 3.63. The molecule has 1 amide bonds. The lowest BCUT2D eigenvalue weighted by Crippen LogP contribution is -2.32. The molecule has 0 aliphatic carbocycles. The molecular weight excluding hydrogens is 422 g/mol. The predicted octanol–water partition coefficient (Wildman–Crippen LogP) is 6.77. The fraction of sp³-hybridized carbons (Fsp3) is 0.167. The lowest BCUT2D eigenvalue weighted by Gasteiger charge is -2.18. The predicted molar refractivity (Wildman–Crippen MR) is 137 cm³/mol. The Bertz CT molecular complexity index is 1160. The van der Waals surface area contributed by atoms with E-state index < -0.39 is 6.10 Å². The first-order valence-corrected chi connectivity index (χ1v) is 11.6. The van der Waals surface area contributed by atoms with Crippen LogP contribution in [0.15, 0.2) is 109 Å². The van der Waals surface area contributed by atoms with Gasteiger partial charge in [0.2, 0.25) is 0 Å². The summed E-state index contributed by atoms with van der Waals surface area (Å²) in [6.45, 7) is 2.54. The molecule has 172 valence electrons. The second-order valence-corrected chi connectivity index (χ2v) is 8.00. The maximum Gasteiger partial charge on any atom is 0.265 e. The molecule has 0 saturated heterocycles. The van der Waals surface area contributed by atoms with Gasteiger partial charge in [0.1, 0.15) is 11.5 Å². The second-order valence-electron chi connectivity index (χ2n) is 8.00. The van der Waals surface area contributed by atoms with Gasteiger partial charge in [-0.1, -0.05) is 79.7 Å². The van der Waals surface area contributed by atoms with E-state index in [0.717, 1.165) is 23.3 Å². The number of rotatable bonds is 10. The summed E-state index contributed by atoms with van der Waals surface area (Å²) < 4.78 is 11.8. The van der Waals surface area contributed by atoms with Gasteiger partial charge in [0.05, 0.1) is 6.61 Å². The average molecular weight is 452 g/mol. The van der Waals surface area contributed by atoms with E-state index in [9.17, 15) is 4.79 Å². The van der Waals surface area contributed by atoms with Crippen LogP contribution in [0.4, 0.5) is 5.69 Å². The third-order valence-electron chi connectivity index (χ3n) is 5.53. The highest BCUT2D eigenvalue weighted by Crippen LogP contribution is 2.23. The number of benzene rings is 4. The molecule has 0 heterocycles. The molecule has 0 aliphatic heterocycles. The number of ether oxygens (including phenoxy) is 2. The zero-order valence-electron chi connectivity index (χ0n) is 19.3. The van der Waals surface area contributed by atoms with Gasteiger partial charge in [0.15, 0.2) is 6.10 Å². The standard InChI is InChI=1S/C30H29NO3/c1-2-29(34-28-17-13-25(14-18-28)24-11-7-4-8-12-24)30(32)31-26-15-19-27(20-16-26)33-22-21-23-9-5-3-6-10-23/h3-20,29H,2,21-22H2,1H3,(H,31,32). The van der Waals surface area contributed by atoms with E-state index in [2.05, 4.69) is 29.6 Å². The van der Waals surface area contributed by atoms with Gasteiger partial charge in [-0.05, 0) is 59.5 Å². The molecule has 0 fully saturated rings. The molecule has 1 N–H and O–H groups in total. The summed E-state index contributed by atoms with van der Waals surface area (Å²) in [6, 6.07) is 35.6. The van der Waals surface area contributed by atoms with Crippen molar-refractivity contribution in [3.8, 4) is 22.6 Å². The molecule has 4 aromatic carbocycles. The van der Waals surface area contributed by atoms with Crippen molar-refractivity contribution < 1.29 is 14.3 Å². The van der Waals surface area contributed by atoms with Crippen LogP contribution in [0.25, 0.3) is 11.1 Å². The van der Waals surface area contributed by atoms with Crippen LogP contribution in [0.2, 0.25) is 0 Å². The van der Waals surface area contributed by atoms with Crippen LogP contribution in [0, 0.1) is 0 Å². The van der Waals surface area contributed by atoms with Crippen molar-refractivity contribution in [2.45, 2.75) is 25.9 Å². The number of hydrogen-bond donors (Lipinski definition) is 1. The van der Waals surface area contributed by atoms with Crippen LogP contribution < -0.4 is 14.8 Å². The van der Waals surface area contributed by atoms with E-state index in [1.807, 2.05) is 91.9 Å². The Kier molecular flexibility index (Phi) is 7.96. The van der Waals surface area contributed by atoms with Crippen molar-refractivity contribution >= 4 is 11.6 Å². The Morgan fingerprint density at radius 3 is 1.97 bits per heavy atom. The van der Waals surface area contributed by atoms with Crippen LogP contribution in [0.3, 0.4) is 0 Å². The number of carbonyl (C=O) groups excluding carboxylic acids is 1. The smallest absolute Gasteiger partial charge is 0.265 e. The summed E-state index contributed by atoms with van der Waals surface area (Å²) in [7, 11) is 0. The molecule has 0 aromatic heterocycles. The Morgan fingerprint density at radius 1 is 0.735 bits per heavy atom. The summed E-state index contributed by atoms with van der Waals surface area (Å²) in [4.78, 5) is 12.8. The minimum atomic E-state index is -0.579. The molecule has 1 unspecified atom stereocenters. The number of carbonyl (C=O) groups is 1. The van der Waals surface area contributed by atoms with Gasteiger partial charge in [-0.25, -0.2) is 0 Å². The van der Waals surface area contributed by atoms with Crippen molar-refractivity contribution in [2.24, 2.45) is 0 Å². The van der Waals surface area contributed by atoms with Crippen LogP contribution in [-0.4, -0.2) is 18.6 Å². The quantitative estimate of drug-likeness (QED) is 0.289. The Labute approximate surface area is 201 Å². The number of nitrogens with one attached hydrogen (secondary N) is 1. The molecule has 0 saturated carbocycles. The molecule has 0 spiro atoms. The second kappa shape index (κ2) is 11.7. The normalized spacial score (nSPS) is 11.4. The van der Waals surface area contributed by atoms with Gasteiger partial charge >= 0.3 is 0 Å². The van der Waals surface area contributed by atoms with E-state index in [1.165, 1.54) is 5.56 Å². The number of hydrogen-bond acceptors (Lipinski definition) is 3. The maximum absolute atomic E-state index is 12.8. The third-order valence-corrected chi connectivity index (χ3v) is 5.53. The largest absolute Gasteiger partial charge is 0.493 e. The Morgan fingerprint density at radius 2 is 1.32 bits per heavy atom. The minimum absolute atomic E-state index is 0.174. The summed E-state index contributed by atoms with van der Waals surface area (Å²) in [5.74, 6) is 1.27. The van der Waals surface area contributed by atoms with Crippen LogP contribution in [0.5, 0.6) is 11.5 Å². The highest BCUT2D eigenvalue weighted by Gasteiger charge is 2.18. The van der Waals surface area contributed by atoms with E-state index in [1.54, 1.807) is 0 Å². The van der Waals surface area contributed by atoms with Crippen molar-refractivity contribution in [1.29, 1.82) is 0 Å². The van der Waals surface area contributed by atoms with E-state index in [0.29, 0.717) is 24.5 Å². The highest BCUT2D eigenvalue weighted by atomic mass is 16.5. The molecule has 4 rings (SSSR count). The first-order valence-electron chi connectivity index (χ1n) is 11.6. The summed E-state index contributed by atoms with van der Waals surface area (Å²) in [6.07, 6.45) is 0.832. The summed E-state index contributed by atoms with van der Waals surface area (Å²) in [5, 5.41) is 2.94.